The molecule has 0 radical (unpaired) electrons. The van der Waals surface area contributed by atoms with Gasteiger partial charge in [-0.2, -0.15) is 0 Å². The summed E-state index contributed by atoms with van der Waals surface area (Å²) in [7, 11) is 0. The molecule has 0 amide bonds. The zero-order valence-electron chi connectivity index (χ0n) is 23.9. The Morgan fingerprint density at radius 3 is 2.19 bits per heavy atom. The van der Waals surface area contributed by atoms with E-state index in [1.54, 1.807) is 13.8 Å². The van der Waals surface area contributed by atoms with Crippen molar-refractivity contribution in [1.82, 2.24) is 0 Å². The maximum absolute atomic E-state index is 14.4. The molecule has 0 aromatic rings. The van der Waals surface area contributed by atoms with E-state index in [0.29, 0.717) is 24.2 Å². The number of aliphatic carboxylic acids is 1. The maximum Gasteiger partial charge on any atom is 0.310 e. The molecule has 0 aliphatic heterocycles. The second-order valence-electron chi connectivity index (χ2n) is 15.1. The summed E-state index contributed by atoms with van der Waals surface area (Å²) in [6, 6.07) is 0. The molecule has 0 spiro atoms. The van der Waals surface area contributed by atoms with E-state index in [1.165, 1.54) is 24.8 Å². The first-order valence-electron chi connectivity index (χ1n) is 14.6. The number of allylic oxidation sites excluding steroid dienone is 2. The molecule has 0 heterocycles. The van der Waals surface area contributed by atoms with Crippen LogP contribution in [0.4, 0.5) is 0 Å². The summed E-state index contributed by atoms with van der Waals surface area (Å²) in [5.41, 5.74) is -0.0945. The smallest absolute Gasteiger partial charge is 0.310 e. The van der Waals surface area contributed by atoms with Crippen molar-refractivity contribution in [3.8, 4) is 0 Å². The van der Waals surface area contributed by atoms with Crippen molar-refractivity contribution in [2.45, 2.75) is 107 Å². The van der Waals surface area contributed by atoms with Gasteiger partial charge in [0.2, 0.25) is 0 Å². The van der Waals surface area contributed by atoms with Gasteiger partial charge in [0, 0.05) is 11.8 Å². The molecule has 0 aromatic carbocycles. The van der Waals surface area contributed by atoms with Gasteiger partial charge in [-0.25, -0.2) is 0 Å². The highest BCUT2D eigenvalue weighted by Gasteiger charge is 2.72. The van der Waals surface area contributed by atoms with E-state index in [-0.39, 0.29) is 39.6 Å². The largest absolute Gasteiger partial charge is 0.481 e. The standard InChI is InChI=1S/C32H48O4/c1-18-9-12-28(4)15-16-30(6)22(25(28)19(18)2)17-23(34)26-29(5)13-10-21(20(3)33)32(8,27(35)36)24(29)11-14-31(26,30)7/h17-19,21,24-26H,9-16H2,1-8H3,(H,35,36)/t18-,19+,21+,24-,25+,26-,28-,29+,30-,31-,32+/m1/s1. The zero-order chi connectivity index (χ0) is 26.6. The van der Waals surface area contributed by atoms with E-state index in [1.807, 2.05) is 0 Å². The highest BCUT2D eigenvalue weighted by Crippen LogP contribution is 2.75. The minimum atomic E-state index is -1.12. The second kappa shape index (κ2) is 7.79. The number of carboxylic acids is 1. The van der Waals surface area contributed by atoms with Crippen LogP contribution in [0.1, 0.15) is 107 Å². The number of ketones is 2. The van der Waals surface area contributed by atoms with Crippen LogP contribution in [-0.2, 0) is 14.4 Å². The first-order valence-corrected chi connectivity index (χ1v) is 14.6. The minimum Gasteiger partial charge on any atom is -0.481 e. The molecule has 4 heteroatoms. The van der Waals surface area contributed by atoms with Gasteiger partial charge in [0.15, 0.2) is 5.78 Å². The Morgan fingerprint density at radius 1 is 0.917 bits per heavy atom. The topological polar surface area (TPSA) is 71.4 Å². The molecule has 0 unspecified atom stereocenters. The van der Waals surface area contributed by atoms with E-state index in [0.717, 1.165) is 25.7 Å². The molecule has 11 atom stereocenters. The van der Waals surface area contributed by atoms with Gasteiger partial charge in [0.05, 0.1) is 5.41 Å². The molecule has 5 aliphatic carbocycles. The number of rotatable bonds is 2. The van der Waals surface area contributed by atoms with Gasteiger partial charge < -0.3 is 5.11 Å². The highest BCUT2D eigenvalue weighted by molar-refractivity contribution is 5.96. The molecule has 1 N–H and O–H groups in total. The second-order valence-corrected chi connectivity index (χ2v) is 15.1. The Morgan fingerprint density at radius 2 is 1.58 bits per heavy atom. The summed E-state index contributed by atoms with van der Waals surface area (Å²) in [5, 5.41) is 10.5. The average Bonchev–Trinajstić information content (AvgIpc) is 2.77. The number of Topliss-reactive ketones (excluding diaryl/α,β-unsaturated/α-hetero) is 1. The predicted molar refractivity (Wildman–Crippen MR) is 141 cm³/mol. The Labute approximate surface area is 218 Å². The van der Waals surface area contributed by atoms with Crippen LogP contribution in [0.25, 0.3) is 0 Å². The van der Waals surface area contributed by atoms with Crippen LogP contribution < -0.4 is 0 Å². The van der Waals surface area contributed by atoms with Crippen molar-refractivity contribution >= 4 is 17.5 Å². The molecule has 4 nitrogen and oxygen atoms in total. The number of fused-ring (bicyclic) bond motifs is 7. The fourth-order valence-electron chi connectivity index (χ4n) is 11.3. The van der Waals surface area contributed by atoms with Crippen LogP contribution in [0, 0.1) is 62.6 Å². The first-order chi connectivity index (χ1) is 16.6. The number of carbonyl (C=O) groups is 3. The lowest BCUT2D eigenvalue weighted by atomic mass is 9.32. The molecule has 4 fully saturated rings. The van der Waals surface area contributed by atoms with Crippen molar-refractivity contribution in [1.29, 1.82) is 0 Å². The van der Waals surface area contributed by atoms with Crippen LogP contribution in [0.15, 0.2) is 11.6 Å². The quantitative estimate of drug-likeness (QED) is 0.442. The van der Waals surface area contributed by atoms with Gasteiger partial charge >= 0.3 is 5.97 Å². The molecular formula is C32H48O4. The fourth-order valence-corrected chi connectivity index (χ4v) is 11.3. The van der Waals surface area contributed by atoms with Crippen molar-refractivity contribution in [3.63, 3.8) is 0 Å². The lowest BCUT2D eigenvalue weighted by Crippen LogP contribution is -2.67. The molecule has 200 valence electrons. The Hall–Kier alpha value is -1.45. The van der Waals surface area contributed by atoms with Gasteiger partial charge in [-0.3, -0.25) is 14.4 Å². The summed E-state index contributed by atoms with van der Waals surface area (Å²) in [5.74, 6) is 0.188. The lowest BCUT2D eigenvalue weighted by Gasteiger charge is -2.70. The number of carbonyl (C=O) groups excluding carboxylic acids is 2. The number of hydrogen-bond acceptors (Lipinski definition) is 3. The van der Waals surface area contributed by atoms with Gasteiger partial charge in [0.25, 0.3) is 0 Å². The van der Waals surface area contributed by atoms with Gasteiger partial charge in [-0.1, -0.05) is 47.1 Å². The van der Waals surface area contributed by atoms with E-state index >= 15 is 0 Å². The monoisotopic (exact) mass is 496 g/mol. The SMILES string of the molecule is CC(=O)[C@@H]1CC[C@@]2(C)[C@@H](CC[C@]3(C)[C@@H]2C(=O)C=C2[C@@H]4[C@@H](C)[C@H](C)CC[C@]4(C)CC[C@]23C)[C@@]1(C)C(=O)O. The number of hydrogen-bond donors (Lipinski definition) is 1. The van der Waals surface area contributed by atoms with Gasteiger partial charge in [-0.15, -0.1) is 0 Å². The van der Waals surface area contributed by atoms with Crippen LogP contribution in [-0.4, -0.2) is 22.6 Å². The molecule has 0 saturated heterocycles. The van der Waals surface area contributed by atoms with E-state index < -0.39 is 22.7 Å². The third-order valence-corrected chi connectivity index (χ3v) is 13.8. The molecule has 36 heavy (non-hydrogen) atoms. The summed E-state index contributed by atoms with van der Waals surface area (Å²) >= 11 is 0. The van der Waals surface area contributed by atoms with Crippen LogP contribution >= 0.6 is 0 Å². The van der Waals surface area contributed by atoms with Crippen molar-refractivity contribution in [2.24, 2.45) is 62.6 Å². The summed E-state index contributed by atoms with van der Waals surface area (Å²) in [6.45, 7) is 17.7. The average molecular weight is 497 g/mol. The summed E-state index contributed by atoms with van der Waals surface area (Å²) in [4.78, 5) is 39.8. The summed E-state index contributed by atoms with van der Waals surface area (Å²) < 4.78 is 0. The highest BCUT2D eigenvalue weighted by atomic mass is 16.4. The minimum absolute atomic E-state index is 0.0219. The third-order valence-electron chi connectivity index (χ3n) is 13.8. The molecule has 0 bridgehead atoms. The number of carboxylic acid groups (broad SMARTS) is 1. The van der Waals surface area contributed by atoms with Crippen molar-refractivity contribution in [2.75, 3.05) is 0 Å². The molecule has 0 aromatic heterocycles. The third kappa shape index (κ3) is 2.96. The van der Waals surface area contributed by atoms with Crippen molar-refractivity contribution in [3.05, 3.63) is 11.6 Å². The van der Waals surface area contributed by atoms with Crippen LogP contribution in [0.3, 0.4) is 0 Å². The van der Waals surface area contributed by atoms with Gasteiger partial charge in [-0.05, 0) is 117 Å². The first kappa shape index (κ1) is 26.2. The molecular weight excluding hydrogens is 448 g/mol. The van der Waals surface area contributed by atoms with Crippen molar-refractivity contribution < 1.29 is 19.5 Å². The Bertz CT molecular complexity index is 1040. The maximum atomic E-state index is 14.4. The normalized spacial score (nSPS) is 54.3. The van der Waals surface area contributed by atoms with E-state index in [2.05, 4.69) is 47.6 Å². The van der Waals surface area contributed by atoms with Crippen LogP contribution in [0.5, 0.6) is 0 Å². The van der Waals surface area contributed by atoms with E-state index in [4.69, 9.17) is 0 Å². The van der Waals surface area contributed by atoms with Gasteiger partial charge in [0.1, 0.15) is 5.78 Å². The fraction of sp³-hybridized carbons (Fsp3) is 0.844. The Kier molecular flexibility index (Phi) is 5.66. The zero-order valence-corrected chi connectivity index (χ0v) is 23.9. The van der Waals surface area contributed by atoms with Crippen LogP contribution in [0.2, 0.25) is 0 Å². The summed E-state index contributed by atoms with van der Waals surface area (Å²) in [6.07, 6.45) is 9.87. The van der Waals surface area contributed by atoms with E-state index in [9.17, 15) is 19.5 Å². The molecule has 4 saturated carbocycles. The molecule has 5 rings (SSSR count). The molecule has 5 aliphatic rings. The lowest BCUT2D eigenvalue weighted by molar-refractivity contribution is -0.206. The predicted octanol–water partition coefficient (Wildman–Crippen LogP) is 7.11. The Balaban J connectivity index is 1.65.